The molecule has 2 aliphatic rings. The first-order valence-corrected chi connectivity index (χ1v) is 4.27. The van der Waals surface area contributed by atoms with Gasteiger partial charge in [0.15, 0.2) is 0 Å². The third kappa shape index (κ3) is 0.988. The number of rotatable bonds is 0. The molecule has 2 atom stereocenters. The van der Waals surface area contributed by atoms with Crippen LogP contribution in [0, 0.1) is 11.8 Å². The molecule has 2 unspecified atom stereocenters. The first-order chi connectivity index (χ1) is 4.86. The Morgan fingerprint density at radius 1 is 1.50 bits per heavy atom. The average molecular weight is 137 g/mol. The molecule has 0 radical (unpaired) electrons. The highest BCUT2D eigenvalue weighted by Gasteiger charge is 2.24. The van der Waals surface area contributed by atoms with Gasteiger partial charge in [-0.15, -0.1) is 0 Å². The van der Waals surface area contributed by atoms with Gasteiger partial charge >= 0.3 is 0 Å². The van der Waals surface area contributed by atoms with Crippen molar-refractivity contribution in [1.29, 1.82) is 0 Å². The van der Waals surface area contributed by atoms with Gasteiger partial charge in [-0.05, 0) is 24.7 Å². The Kier molecular flexibility index (Phi) is 1.53. The van der Waals surface area contributed by atoms with E-state index in [4.69, 9.17) is 0 Å². The monoisotopic (exact) mass is 137 g/mol. The van der Waals surface area contributed by atoms with Gasteiger partial charge in [-0.1, -0.05) is 18.6 Å². The van der Waals surface area contributed by atoms with Crippen molar-refractivity contribution in [3.63, 3.8) is 0 Å². The molecule has 0 aromatic heterocycles. The second-order valence-electron chi connectivity index (χ2n) is 3.62. The molecule has 0 amide bonds. The zero-order valence-electron chi connectivity index (χ0n) is 6.56. The van der Waals surface area contributed by atoms with Gasteiger partial charge in [0.05, 0.1) is 0 Å². The molecule has 1 aliphatic heterocycles. The van der Waals surface area contributed by atoms with Gasteiger partial charge in [0.2, 0.25) is 0 Å². The number of allylic oxidation sites excluding steroid dienone is 1. The summed E-state index contributed by atoms with van der Waals surface area (Å²) >= 11 is 0. The zero-order valence-corrected chi connectivity index (χ0v) is 6.56. The van der Waals surface area contributed by atoms with Crippen LogP contribution in [0.5, 0.6) is 0 Å². The second kappa shape index (κ2) is 2.39. The molecule has 1 N–H and O–H groups in total. The third-order valence-corrected chi connectivity index (χ3v) is 2.71. The molecule has 0 aromatic carbocycles. The van der Waals surface area contributed by atoms with Crippen molar-refractivity contribution < 1.29 is 0 Å². The van der Waals surface area contributed by atoms with Crippen molar-refractivity contribution in [1.82, 2.24) is 5.32 Å². The standard InChI is InChI=1S/C9H15N/c1-7-2-3-8-5-10-6-9(8)4-7/h4,7-8,10H,2-3,5-6H2,1H3. The van der Waals surface area contributed by atoms with E-state index in [1.165, 1.54) is 19.4 Å². The Morgan fingerprint density at radius 3 is 3.30 bits per heavy atom. The van der Waals surface area contributed by atoms with E-state index in [-0.39, 0.29) is 0 Å². The molecule has 1 heteroatoms. The van der Waals surface area contributed by atoms with Crippen LogP contribution in [0.4, 0.5) is 0 Å². The molecule has 56 valence electrons. The van der Waals surface area contributed by atoms with E-state index in [1.54, 1.807) is 5.57 Å². The highest BCUT2D eigenvalue weighted by molar-refractivity contribution is 5.17. The van der Waals surface area contributed by atoms with E-state index in [0.29, 0.717) is 0 Å². The maximum atomic E-state index is 3.42. The minimum Gasteiger partial charge on any atom is -0.312 e. The second-order valence-corrected chi connectivity index (χ2v) is 3.62. The summed E-state index contributed by atoms with van der Waals surface area (Å²) in [7, 11) is 0. The van der Waals surface area contributed by atoms with E-state index in [9.17, 15) is 0 Å². The molecule has 1 heterocycles. The Balaban J connectivity index is 2.16. The quantitative estimate of drug-likeness (QED) is 0.500. The van der Waals surface area contributed by atoms with Crippen LogP contribution in [0.15, 0.2) is 11.6 Å². The average Bonchev–Trinajstić information content (AvgIpc) is 2.33. The largest absolute Gasteiger partial charge is 0.312 e. The van der Waals surface area contributed by atoms with Crippen LogP contribution >= 0.6 is 0 Å². The van der Waals surface area contributed by atoms with E-state index in [0.717, 1.165) is 18.4 Å². The van der Waals surface area contributed by atoms with Crippen LogP contribution < -0.4 is 5.32 Å². The Hall–Kier alpha value is -0.300. The molecule has 1 nitrogen and oxygen atoms in total. The molecule has 0 saturated carbocycles. The van der Waals surface area contributed by atoms with Gasteiger partial charge in [-0.25, -0.2) is 0 Å². The SMILES string of the molecule is CC1C=C2CNCC2CC1. The number of hydrogen-bond donors (Lipinski definition) is 1. The summed E-state index contributed by atoms with van der Waals surface area (Å²) in [5, 5.41) is 3.42. The maximum absolute atomic E-state index is 3.42. The van der Waals surface area contributed by atoms with Crippen LogP contribution in [0.1, 0.15) is 19.8 Å². The lowest BCUT2D eigenvalue weighted by Gasteiger charge is -2.20. The summed E-state index contributed by atoms with van der Waals surface area (Å²) < 4.78 is 0. The highest BCUT2D eigenvalue weighted by Crippen LogP contribution is 2.29. The summed E-state index contributed by atoms with van der Waals surface area (Å²) in [4.78, 5) is 0. The molecule has 1 fully saturated rings. The molecular formula is C9H15N. The van der Waals surface area contributed by atoms with Crippen molar-refractivity contribution in [2.45, 2.75) is 19.8 Å². The molecular weight excluding hydrogens is 122 g/mol. The topological polar surface area (TPSA) is 12.0 Å². The van der Waals surface area contributed by atoms with Gasteiger partial charge < -0.3 is 5.32 Å². The molecule has 1 aliphatic carbocycles. The van der Waals surface area contributed by atoms with Crippen molar-refractivity contribution in [2.75, 3.05) is 13.1 Å². The molecule has 2 rings (SSSR count). The van der Waals surface area contributed by atoms with Crippen LogP contribution in [-0.2, 0) is 0 Å². The van der Waals surface area contributed by atoms with Gasteiger partial charge in [0, 0.05) is 13.1 Å². The Morgan fingerprint density at radius 2 is 2.40 bits per heavy atom. The normalized spacial score (nSPS) is 39.1. The predicted octanol–water partition coefficient (Wildman–Crippen LogP) is 1.56. The summed E-state index contributed by atoms with van der Waals surface area (Å²) in [6.07, 6.45) is 5.28. The smallest absolute Gasteiger partial charge is 0.0168 e. The zero-order chi connectivity index (χ0) is 6.97. The fourth-order valence-corrected chi connectivity index (χ4v) is 2.06. The van der Waals surface area contributed by atoms with Crippen LogP contribution in [-0.4, -0.2) is 13.1 Å². The third-order valence-electron chi connectivity index (χ3n) is 2.71. The molecule has 0 aromatic rings. The number of fused-ring (bicyclic) bond motifs is 1. The fraction of sp³-hybridized carbons (Fsp3) is 0.778. The number of nitrogens with one attached hydrogen (secondary N) is 1. The van der Waals surface area contributed by atoms with E-state index in [2.05, 4.69) is 18.3 Å². The summed E-state index contributed by atoms with van der Waals surface area (Å²) in [6, 6.07) is 0. The van der Waals surface area contributed by atoms with Crippen molar-refractivity contribution >= 4 is 0 Å². The first-order valence-electron chi connectivity index (χ1n) is 4.27. The van der Waals surface area contributed by atoms with Gasteiger partial charge in [0.25, 0.3) is 0 Å². The van der Waals surface area contributed by atoms with Crippen molar-refractivity contribution in [2.24, 2.45) is 11.8 Å². The van der Waals surface area contributed by atoms with E-state index in [1.807, 2.05) is 0 Å². The molecule has 0 spiro atoms. The maximum Gasteiger partial charge on any atom is 0.0168 e. The minimum absolute atomic E-state index is 0.839. The van der Waals surface area contributed by atoms with Crippen LogP contribution in [0.25, 0.3) is 0 Å². The Bertz CT molecular complexity index is 160. The molecule has 10 heavy (non-hydrogen) atoms. The lowest BCUT2D eigenvalue weighted by atomic mass is 9.85. The summed E-state index contributed by atoms with van der Waals surface area (Å²) in [5.74, 6) is 1.74. The number of hydrogen-bond acceptors (Lipinski definition) is 1. The lowest BCUT2D eigenvalue weighted by molar-refractivity contribution is 0.479. The lowest BCUT2D eigenvalue weighted by Crippen LogP contribution is -2.11. The summed E-state index contributed by atoms with van der Waals surface area (Å²) in [5.41, 5.74) is 1.68. The van der Waals surface area contributed by atoms with Crippen molar-refractivity contribution in [3.05, 3.63) is 11.6 Å². The first kappa shape index (κ1) is 6.41. The summed E-state index contributed by atoms with van der Waals surface area (Å²) in [6.45, 7) is 4.72. The predicted molar refractivity (Wildman–Crippen MR) is 42.8 cm³/mol. The van der Waals surface area contributed by atoms with Crippen LogP contribution in [0.2, 0.25) is 0 Å². The van der Waals surface area contributed by atoms with E-state index < -0.39 is 0 Å². The Labute approximate surface area is 62.5 Å². The van der Waals surface area contributed by atoms with Crippen molar-refractivity contribution in [3.8, 4) is 0 Å². The molecule has 0 bridgehead atoms. The van der Waals surface area contributed by atoms with E-state index >= 15 is 0 Å². The molecule has 1 saturated heterocycles. The van der Waals surface area contributed by atoms with Gasteiger partial charge in [0.1, 0.15) is 0 Å². The minimum atomic E-state index is 0.839. The fourth-order valence-electron chi connectivity index (χ4n) is 2.06. The highest BCUT2D eigenvalue weighted by atomic mass is 14.9. The van der Waals surface area contributed by atoms with Gasteiger partial charge in [-0.2, -0.15) is 0 Å². The van der Waals surface area contributed by atoms with Gasteiger partial charge in [-0.3, -0.25) is 0 Å². The van der Waals surface area contributed by atoms with Crippen LogP contribution in [0.3, 0.4) is 0 Å².